The first kappa shape index (κ1) is 18.7. The largest absolute Gasteiger partial charge is 0.481 e. The number of nitrogens with one attached hydrogen (secondary N) is 1. The number of benzene rings is 1. The van der Waals surface area contributed by atoms with E-state index in [2.05, 4.69) is 50.9 Å². The maximum Gasteiger partial charge on any atom is 0.213 e. The molecule has 28 heavy (non-hydrogen) atoms. The zero-order chi connectivity index (χ0) is 19.5. The summed E-state index contributed by atoms with van der Waals surface area (Å²) in [5, 5.41) is 6.31. The minimum absolute atomic E-state index is 0.0275. The standard InChI is InChI=1S/C21H24N4O2S/c1-14-23-17(13-28-14)19-12-25(10-11-27-19)18-8-9-20(26-3)24-21(18)15-4-6-16(22-2)7-5-15/h4-9,13,19,22H,10-12H2,1-3H3. The predicted octanol–water partition coefficient (Wildman–Crippen LogP) is 4.14. The fraction of sp³-hybridized carbons (Fsp3) is 0.333. The molecule has 1 aliphatic rings. The van der Waals surface area contributed by atoms with Gasteiger partial charge >= 0.3 is 0 Å². The molecule has 0 saturated carbocycles. The summed E-state index contributed by atoms with van der Waals surface area (Å²) in [5.41, 5.74) is 5.13. The molecule has 1 fully saturated rings. The summed E-state index contributed by atoms with van der Waals surface area (Å²) >= 11 is 1.66. The van der Waals surface area contributed by atoms with Crippen molar-refractivity contribution in [3.05, 3.63) is 52.5 Å². The Morgan fingerprint density at radius 2 is 2.00 bits per heavy atom. The topological polar surface area (TPSA) is 59.5 Å². The number of morpholine rings is 1. The fourth-order valence-electron chi connectivity index (χ4n) is 3.39. The second-order valence-electron chi connectivity index (χ2n) is 6.65. The van der Waals surface area contributed by atoms with Crippen molar-refractivity contribution in [2.75, 3.05) is 44.1 Å². The van der Waals surface area contributed by atoms with Gasteiger partial charge in [0.15, 0.2) is 0 Å². The summed E-state index contributed by atoms with van der Waals surface area (Å²) in [7, 11) is 3.56. The molecular weight excluding hydrogens is 372 g/mol. The Morgan fingerprint density at radius 3 is 2.68 bits per heavy atom. The van der Waals surface area contributed by atoms with Gasteiger partial charge in [0.25, 0.3) is 0 Å². The van der Waals surface area contributed by atoms with Crippen LogP contribution in [-0.4, -0.2) is 43.8 Å². The molecule has 3 heterocycles. The van der Waals surface area contributed by atoms with Crippen LogP contribution in [0.5, 0.6) is 5.88 Å². The second-order valence-corrected chi connectivity index (χ2v) is 7.71. The molecule has 0 radical (unpaired) electrons. The molecule has 6 nitrogen and oxygen atoms in total. The number of rotatable bonds is 5. The van der Waals surface area contributed by atoms with E-state index in [0.717, 1.165) is 46.4 Å². The van der Waals surface area contributed by atoms with Crippen LogP contribution >= 0.6 is 11.3 Å². The third kappa shape index (κ3) is 3.81. The van der Waals surface area contributed by atoms with E-state index in [-0.39, 0.29) is 6.10 Å². The molecule has 146 valence electrons. The zero-order valence-electron chi connectivity index (χ0n) is 16.3. The highest BCUT2D eigenvalue weighted by Crippen LogP contribution is 2.35. The van der Waals surface area contributed by atoms with Crippen molar-refractivity contribution in [1.29, 1.82) is 0 Å². The van der Waals surface area contributed by atoms with Gasteiger partial charge < -0.3 is 19.7 Å². The lowest BCUT2D eigenvalue weighted by Crippen LogP contribution is -2.38. The SMILES string of the molecule is CNc1ccc(-c2nc(OC)ccc2N2CCOC(c3csc(C)n3)C2)cc1. The quantitative estimate of drug-likeness (QED) is 0.699. The van der Waals surface area contributed by atoms with Crippen LogP contribution in [0.25, 0.3) is 11.3 Å². The van der Waals surface area contributed by atoms with Gasteiger partial charge in [0.05, 0.1) is 42.3 Å². The Hall–Kier alpha value is -2.64. The first-order valence-electron chi connectivity index (χ1n) is 9.29. The third-order valence-corrected chi connectivity index (χ3v) is 5.67. The normalized spacial score (nSPS) is 16.8. The van der Waals surface area contributed by atoms with Gasteiger partial charge in [0.2, 0.25) is 5.88 Å². The van der Waals surface area contributed by atoms with Crippen LogP contribution < -0.4 is 15.0 Å². The van der Waals surface area contributed by atoms with Crippen LogP contribution in [0.2, 0.25) is 0 Å². The van der Waals surface area contributed by atoms with Gasteiger partial charge in [-0.25, -0.2) is 9.97 Å². The minimum Gasteiger partial charge on any atom is -0.481 e. The van der Waals surface area contributed by atoms with Crippen molar-refractivity contribution in [1.82, 2.24) is 9.97 Å². The molecule has 4 rings (SSSR count). The highest BCUT2D eigenvalue weighted by Gasteiger charge is 2.26. The molecule has 1 N–H and O–H groups in total. The van der Waals surface area contributed by atoms with Gasteiger partial charge in [-0.3, -0.25) is 0 Å². The Balaban J connectivity index is 1.67. The summed E-state index contributed by atoms with van der Waals surface area (Å²) in [6.07, 6.45) is -0.0275. The lowest BCUT2D eigenvalue weighted by Gasteiger charge is -2.34. The molecular formula is C21H24N4O2S. The molecule has 0 amide bonds. The number of aromatic nitrogens is 2. The van der Waals surface area contributed by atoms with Crippen molar-refractivity contribution in [2.45, 2.75) is 13.0 Å². The number of aryl methyl sites for hydroxylation is 1. The molecule has 2 aromatic heterocycles. The van der Waals surface area contributed by atoms with Crippen LogP contribution in [0.3, 0.4) is 0 Å². The third-order valence-electron chi connectivity index (χ3n) is 4.88. The number of pyridine rings is 1. The van der Waals surface area contributed by atoms with E-state index in [0.29, 0.717) is 12.5 Å². The summed E-state index contributed by atoms with van der Waals surface area (Å²) in [5.74, 6) is 0.608. The summed E-state index contributed by atoms with van der Waals surface area (Å²) in [4.78, 5) is 11.7. The zero-order valence-corrected chi connectivity index (χ0v) is 17.1. The van der Waals surface area contributed by atoms with Gasteiger partial charge in [-0.2, -0.15) is 0 Å². The number of hydrogen-bond donors (Lipinski definition) is 1. The van der Waals surface area contributed by atoms with Crippen LogP contribution in [0, 0.1) is 6.92 Å². The number of nitrogens with zero attached hydrogens (tertiary/aromatic N) is 3. The number of anilines is 2. The number of thiazole rings is 1. The Labute approximate surface area is 169 Å². The van der Waals surface area contributed by atoms with Gasteiger partial charge in [0.1, 0.15) is 6.10 Å². The van der Waals surface area contributed by atoms with Crippen molar-refractivity contribution in [3.8, 4) is 17.1 Å². The number of hydrogen-bond acceptors (Lipinski definition) is 7. The Morgan fingerprint density at radius 1 is 1.18 bits per heavy atom. The molecule has 1 atom stereocenters. The first-order chi connectivity index (χ1) is 13.7. The van der Waals surface area contributed by atoms with Crippen LogP contribution in [0.15, 0.2) is 41.8 Å². The average molecular weight is 397 g/mol. The van der Waals surface area contributed by atoms with Crippen molar-refractivity contribution >= 4 is 22.7 Å². The fourth-order valence-corrected chi connectivity index (χ4v) is 4.04. The molecule has 0 bridgehead atoms. The molecule has 0 spiro atoms. The average Bonchev–Trinajstić information content (AvgIpc) is 3.20. The maximum absolute atomic E-state index is 6.00. The highest BCUT2D eigenvalue weighted by atomic mass is 32.1. The van der Waals surface area contributed by atoms with E-state index >= 15 is 0 Å². The highest BCUT2D eigenvalue weighted by molar-refractivity contribution is 7.09. The Kier molecular flexibility index (Phi) is 5.45. The van der Waals surface area contributed by atoms with Gasteiger partial charge in [-0.05, 0) is 25.1 Å². The minimum atomic E-state index is -0.0275. The van der Waals surface area contributed by atoms with E-state index in [1.165, 1.54) is 0 Å². The first-order valence-corrected chi connectivity index (χ1v) is 10.2. The molecule has 1 unspecified atom stereocenters. The molecule has 1 aromatic carbocycles. The van der Waals surface area contributed by atoms with E-state index in [1.807, 2.05) is 20.0 Å². The molecule has 3 aromatic rings. The maximum atomic E-state index is 6.00. The van der Waals surface area contributed by atoms with Crippen LogP contribution in [-0.2, 0) is 4.74 Å². The lowest BCUT2D eigenvalue weighted by molar-refractivity contribution is 0.0374. The van der Waals surface area contributed by atoms with Crippen LogP contribution in [0.1, 0.15) is 16.8 Å². The lowest BCUT2D eigenvalue weighted by atomic mass is 10.1. The number of methoxy groups -OCH3 is 1. The molecule has 7 heteroatoms. The molecule has 0 aliphatic carbocycles. The van der Waals surface area contributed by atoms with Gasteiger partial charge in [-0.1, -0.05) is 12.1 Å². The summed E-state index contributed by atoms with van der Waals surface area (Å²) < 4.78 is 11.4. The summed E-state index contributed by atoms with van der Waals surface area (Å²) in [6.45, 7) is 4.24. The second kappa shape index (κ2) is 8.16. The smallest absolute Gasteiger partial charge is 0.213 e. The molecule has 1 saturated heterocycles. The van der Waals surface area contributed by atoms with Gasteiger partial charge in [0, 0.05) is 36.3 Å². The number of ether oxygens (including phenoxy) is 2. The summed E-state index contributed by atoms with van der Waals surface area (Å²) in [6, 6.07) is 12.3. The van der Waals surface area contributed by atoms with Crippen molar-refractivity contribution in [2.24, 2.45) is 0 Å². The van der Waals surface area contributed by atoms with E-state index in [9.17, 15) is 0 Å². The molecule has 1 aliphatic heterocycles. The van der Waals surface area contributed by atoms with Crippen molar-refractivity contribution in [3.63, 3.8) is 0 Å². The van der Waals surface area contributed by atoms with Crippen molar-refractivity contribution < 1.29 is 9.47 Å². The van der Waals surface area contributed by atoms with E-state index < -0.39 is 0 Å². The van der Waals surface area contributed by atoms with E-state index in [1.54, 1.807) is 18.4 Å². The van der Waals surface area contributed by atoms with E-state index in [4.69, 9.17) is 14.5 Å². The monoisotopic (exact) mass is 396 g/mol. The predicted molar refractivity (Wildman–Crippen MR) is 114 cm³/mol. The van der Waals surface area contributed by atoms with Gasteiger partial charge in [-0.15, -0.1) is 11.3 Å². The van der Waals surface area contributed by atoms with Crippen LogP contribution in [0.4, 0.5) is 11.4 Å². The Bertz CT molecular complexity index is 942.